The van der Waals surface area contributed by atoms with Crippen molar-refractivity contribution in [1.82, 2.24) is 5.32 Å². The third kappa shape index (κ3) is 3.50. The quantitative estimate of drug-likeness (QED) is 0.563. The molecule has 0 spiro atoms. The molecule has 2 atom stereocenters. The van der Waals surface area contributed by atoms with E-state index in [1.165, 1.54) is 0 Å². The Bertz CT molecular complexity index is 296. The summed E-state index contributed by atoms with van der Waals surface area (Å²) in [7, 11) is 0. The number of amides is 1. The lowest BCUT2D eigenvalue weighted by Crippen LogP contribution is -2.44. The number of nitrogens with one attached hydrogen (secondary N) is 1. The maximum atomic E-state index is 11.5. The van der Waals surface area contributed by atoms with Gasteiger partial charge < -0.3 is 20.3 Å². The first-order valence-corrected chi connectivity index (χ1v) is 4.83. The van der Waals surface area contributed by atoms with E-state index in [1.54, 1.807) is 0 Å². The van der Waals surface area contributed by atoms with Crippen LogP contribution in [0.4, 0.5) is 0 Å². The van der Waals surface area contributed by atoms with E-state index in [1.807, 2.05) is 0 Å². The van der Waals surface area contributed by atoms with Crippen molar-refractivity contribution in [2.75, 3.05) is 13.2 Å². The number of hydrogen-bond donors (Lipinski definition) is 3. The first-order valence-electron chi connectivity index (χ1n) is 4.83. The minimum absolute atomic E-state index is 0.255. The molecule has 1 saturated heterocycles. The lowest BCUT2D eigenvalue weighted by molar-refractivity contribution is -0.147. The fourth-order valence-electron chi connectivity index (χ4n) is 1.41. The first-order chi connectivity index (χ1) is 7.50. The van der Waals surface area contributed by atoms with Crippen molar-refractivity contribution in [2.45, 2.75) is 18.9 Å². The predicted octanol–water partition coefficient (Wildman–Crippen LogP) is -0.933. The summed E-state index contributed by atoms with van der Waals surface area (Å²) in [4.78, 5) is 32.5. The lowest BCUT2D eigenvalue weighted by Gasteiger charge is -2.14. The van der Waals surface area contributed by atoms with Crippen molar-refractivity contribution in [3.05, 3.63) is 0 Å². The monoisotopic (exact) mass is 231 g/mol. The summed E-state index contributed by atoms with van der Waals surface area (Å²) in [5.74, 6) is -3.47. The van der Waals surface area contributed by atoms with Gasteiger partial charge in [0.15, 0.2) is 0 Å². The van der Waals surface area contributed by atoms with E-state index in [-0.39, 0.29) is 12.5 Å². The molecule has 1 fully saturated rings. The van der Waals surface area contributed by atoms with Crippen molar-refractivity contribution >= 4 is 17.8 Å². The van der Waals surface area contributed by atoms with Crippen LogP contribution in [0.2, 0.25) is 0 Å². The fourth-order valence-corrected chi connectivity index (χ4v) is 1.41. The molecule has 1 unspecified atom stereocenters. The molecular weight excluding hydrogens is 218 g/mol. The molecule has 1 rings (SSSR count). The molecule has 0 aromatic heterocycles. The zero-order valence-corrected chi connectivity index (χ0v) is 8.51. The zero-order chi connectivity index (χ0) is 12.1. The van der Waals surface area contributed by atoms with E-state index in [2.05, 4.69) is 5.32 Å². The molecule has 0 saturated carbocycles. The highest BCUT2D eigenvalue weighted by atomic mass is 16.5. The molecule has 16 heavy (non-hydrogen) atoms. The molecule has 1 aliphatic rings. The Morgan fingerprint density at radius 2 is 2.06 bits per heavy atom. The Labute approximate surface area is 91.4 Å². The lowest BCUT2D eigenvalue weighted by atomic mass is 10.1. The number of ether oxygens (including phenoxy) is 1. The Balaban J connectivity index is 2.50. The highest BCUT2D eigenvalue weighted by Gasteiger charge is 2.29. The van der Waals surface area contributed by atoms with Crippen LogP contribution in [0.5, 0.6) is 0 Å². The summed E-state index contributed by atoms with van der Waals surface area (Å²) < 4.78 is 4.98. The van der Waals surface area contributed by atoms with Gasteiger partial charge in [0.1, 0.15) is 6.04 Å². The van der Waals surface area contributed by atoms with Crippen LogP contribution in [-0.4, -0.2) is 47.3 Å². The van der Waals surface area contributed by atoms with E-state index < -0.39 is 30.3 Å². The van der Waals surface area contributed by atoms with Crippen molar-refractivity contribution in [3.63, 3.8) is 0 Å². The summed E-state index contributed by atoms with van der Waals surface area (Å²) in [6, 6.07) is -1.38. The number of carboxylic acid groups (broad SMARTS) is 2. The van der Waals surface area contributed by atoms with E-state index in [0.29, 0.717) is 13.0 Å². The van der Waals surface area contributed by atoms with E-state index >= 15 is 0 Å². The molecule has 1 aliphatic heterocycles. The van der Waals surface area contributed by atoms with Crippen LogP contribution in [0, 0.1) is 5.92 Å². The number of carboxylic acids is 2. The topological polar surface area (TPSA) is 113 Å². The predicted molar refractivity (Wildman–Crippen MR) is 50.7 cm³/mol. The Morgan fingerprint density at radius 3 is 2.50 bits per heavy atom. The van der Waals surface area contributed by atoms with Crippen LogP contribution in [0.3, 0.4) is 0 Å². The molecule has 1 amide bonds. The number of hydrogen-bond acceptors (Lipinski definition) is 4. The van der Waals surface area contributed by atoms with Gasteiger partial charge in [0.2, 0.25) is 5.91 Å². The minimum atomic E-state index is -1.38. The molecule has 1 heterocycles. The molecule has 0 bridgehead atoms. The van der Waals surface area contributed by atoms with Crippen molar-refractivity contribution in [2.24, 2.45) is 5.92 Å². The van der Waals surface area contributed by atoms with E-state index in [0.717, 1.165) is 0 Å². The average molecular weight is 231 g/mol. The first kappa shape index (κ1) is 12.4. The molecule has 0 aromatic carbocycles. The average Bonchev–Trinajstić information content (AvgIpc) is 2.68. The molecule has 7 nitrogen and oxygen atoms in total. The summed E-state index contributed by atoms with van der Waals surface area (Å²) in [5.41, 5.74) is 0. The third-order valence-corrected chi connectivity index (χ3v) is 2.29. The second-order valence-corrected chi connectivity index (χ2v) is 3.56. The summed E-state index contributed by atoms with van der Waals surface area (Å²) in [6.45, 7) is 0.722. The van der Waals surface area contributed by atoms with Gasteiger partial charge in [-0.25, -0.2) is 4.79 Å². The highest BCUT2D eigenvalue weighted by Crippen LogP contribution is 2.12. The van der Waals surface area contributed by atoms with Crippen LogP contribution in [-0.2, 0) is 19.1 Å². The molecule has 90 valence electrons. The normalized spacial score (nSPS) is 21.4. The molecule has 0 aliphatic carbocycles. The van der Waals surface area contributed by atoms with Gasteiger partial charge in [0.25, 0.3) is 0 Å². The third-order valence-electron chi connectivity index (χ3n) is 2.29. The largest absolute Gasteiger partial charge is 0.481 e. The van der Waals surface area contributed by atoms with Crippen LogP contribution >= 0.6 is 0 Å². The van der Waals surface area contributed by atoms with Gasteiger partial charge in [-0.3, -0.25) is 9.59 Å². The van der Waals surface area contributed by atoms with Crippen LogP contribution < -0.4 is 5.32 Å². The number of carbonyl (C=O) groups excluding carboxylic acids is 1. The number of rotatable bonds is 5. The Hall–Kier alpha value is -1.63. The van der Waals surface area contributed by atoms with Gasteiger partial charge in [-0.05, 0) is 6.42 Å². The molecular formula is C9H13NO6. The van der Waals surface area contributed by atoms with Crippen molar-refractivity contribution < 1.29 is 29.3 Å². The standard InChI is InChI=1S/C9H13NO6/c11-7(12)3-6(9(14)15)10-8(13)5-1-2-16-4-5/h5-6H,1-4H2,(H,10,13)(H,11,12)(H,14,15)/t5?,6-/m0/s1. The molecule has 0 aromatic rings. The van der Waals surface area contributed by atoms with Gasteiger partial charge in [-0.2, -0.15) is 0 Å². The van der Waals surface area contributed by atoms with Gasteiger partial charge in [-0.15, -0.1) is 0 Å². The minimum Gasteiger partial charge on any atom is -0.481 e. The summed E-state index contributed by atoms with van der Waals surface area (Å²) in [5, 5.41) is 19.4. The fraction of sp³-hybridized carbons (Fsp3) is 0.667. The SMILES string of the molecule is O=C(O)C[C@H](NC(=O)C1CCOC1)C(=O)O. The summed E-state index contributed by atoms with van der Waals surface area (Å²) in [6.07, 6.45) is -0.0973. The number of carbonyl (C=O) groups is 3. The maximum Gasteiger partial charge on any atom is 0.326 e. The highest BCUT2D eigenvalue weighted by molar-refractivity contribution is 5.87. The molecule has 7 heteroatoms. The zero-order valence-electron chi connectivity index (χ0n) is 8.51. The van der Waals surface area contributed by atoms with Gasteiger partial charge >= 0.3 is 11.9 Å². The maximum absolute atomic E-state index is 11.5. The van der Waals surface area contributed by atoms with Crippen LogP contribution in [0.25, 0.3) is 0 Å². The second kappa shape index (κ2) is 5.45. The van der Waals surface area contributed by atoms with Gasteiger partial charge in [-0.1, -0.05) is 0 Å². The van der Waals surface area contributed by atoms with Gasteiger partial charge in [0, 0.05) is 6.61 Å². The van der Waals surface area contributed by atoms with Crippen LogP contribution in [0.15, 0.2) is 0 Å². The Kier molecular flexibility index (Phi) is 4.24. The van der Waals surface area contributed by atoms with Crippen molar-refractivity contribution in [1.29, 1.82) is 0 Å². The van der Waals surface area contributed by atoms with Gasteiger partial charge in [0.05, 0.1) is 18.9 Å². The summed E-state index contributed by atoms with van der Waals surface area (Å²) >= 11 is 0. The second-order valence-electron chi connectivity index (χ2n) is 3.56. The molecule has 3 N–H and O–H groups in total. The number of aliphatic carboxylic acids is 2. The Morgan fingerprint density at radius 1 is 1.38 bits per heavy atom. The smallest absolute Gasteiger partial charge is 0.326 e. The van der Waals surface area contributed by atoms with E-state index in [9.17, 15) is 14.4 Å². The van der Waals surface area contributed by atoms with Crippen molar-refractivity contribution in [3.8, 4) is 0 Å². The van der Waals surface area contributed by atoms with Crippen LogP contribution in [0.1, 0.15) is 12.8 Å². The molecule has 0 radical (unpaired) electrons. The van der Waals surface area contributed by atoms with E-state index in [4.69, 9.17) is 14.9 Å².